The molecule has 3 heteroatoms. The zero-order chi connectivity index (χ0) is 9.56. The van der Waals surface area contributed by atoms with Crippen LogP contribution in [0, 0.1) is 0 Å². The number of Topliss-reactive ketones (excluding diaryl/α,β-unsaturated/α-hetero) is 2. The minimum atomic E-state index is -1.87. The number of carbonyl (C=O) groups excluding carboxylic acids is 2. The van der Waals surface area contributed by atoms with E-state index in [9.17, 15) is 14.0 Å². The van der Waals surface area contributed by atoms with E-state index in [0.29, 0.717) is 6.42 Å². The second kappa shape index (κ2) is 5.86. The van der Waals surface area contributed by atoms with Crippen molar-refractivity contribution in [2.45, 2.75) is 45.7 Å². The van der Waals surface area contributed by atoms with Crippen LogP contribution in [-0.4, -0.2) is 17.7 Å². The lowest BCUT2D eigenvalue weighted by molar-refractivity contribution is -0.133. The van der Waals surface area contributed by atoms with Gasteiger partial charge < -0.3 is 0 Å². The maximum atomic E-state index is 12.8. The Morgan fingerprint density at radius 3 is 2.25 bits per heavy atom. The van der Waals surface area contributed by atoms with E-state index in [1.807, 2.05) is 6.92 Å². The summed E-state index contributed by atoms with van der Waals surface area (Å²) in [5.41, 5.74) is 0. The van der Waals surface area contributed by atoms with Crippen LogP contribution in [0.25, 0.3) is 0 Å². The molecule has 2 nitrogen and oxygen atoms in total. The van der Waals surface area contributed by atoms with Gasteiger partial charge in [-0.25, -0.2) is 4.39 Å². The largest absolute Gasteiger partial charge is 0.296 e. The van der Waals surface area contributed by atoms with E-state index in [-0.39, 0.29) is 12.8 Å². The van der Waals surface area contributed by atoms with Crippen molar-refractivity contribution >= 4 is 11.6 Å². The van der Waals surface area contributed by atoms with Crippen molar-refractivity contribution in [3.63, 3.8) is 0 Å². The number of halogens is 1. The Morgan fingerprint density at radius 2 is 1.83 bits per heavy atom. The van der Waals surface area contributed by atoms with Gasteiger partial charge >= 0.3 is 0 Å². The second-order valence-electron chi connectivity index (χ2n) is 2.75. The van der Waals surface area contributed by atoms with E-state index in [1.165, 1.54) is 0 Å². The minimum absolute atomic E-state index is 0.0963. The number of ketones is 2. The van der Waals surface area contributed by atoms with Gasteiger partial charge in [-0.15, -0.1) is 0 Å². The van der Waals surface area contributed by atoms with Gasteiger partial charge in [0, 0.05) is 12.8 Å². The van der Waals surface area contributed by atoms with Crippen LogP contribution in [0.5, 0.6) is 0 Å². The first-order valence-corrected chi connectivity index (χ1v) is 4.33. The highest BCUT2D eigenvalue weighted by atomic mass is 19.1. The lowest BCUT2D eigenvalue weighted by Gasteiger charge is -2.03. The van der Waals surface area contributed by atoms with E-state index in [4.69, 9.17) is 0 Å². The number of alkyl halides is 1. The maximum Gasteiger partial charge on any atom is 0.216 e. The highest BCUT2D eigenvalue weighted by molar-refractivity contribution is 6.04. The van der Waals surface area contributed by atoms with Gasteiger partial charge in [0.2, 0.25) is 6.17 Å². The number of rotatable bonds is 6. The first-order chi connectivity index (χ1) is 5.63. The Morgan fingerprint density at radius 1 is 1.25 bits per heavy atom. The van der Waals surface area contributed by atoms with Gasteiger partial charge in [0.15, 0.2) is 11.6 Å². The maximum absolute atomic E-state index is 12.8. The molecular weight excluding hydrogens is 159 g/mol. The van der Waals surface area contributed by atoms with Gasteiger partial charge in [-0.3, -0.25) is 9.59 Å². The van der Waals surface area contributed by atoms with Crippen LogP contribution in [0.4, 0.5) is 4.39 Å². The summed E-state index contributed by atoms with van der Waals surface area (Å²) in [4.78, 5) is 21.6. The molecule has 0 fully saturated rings. The summed E-state index contributed by atoms with van der Waals surface area (Å²) < 4.78 is 12.8. The molecule has 70 valence electrons. The molecule has 0 amide bonds. The van der Waals surface area contributed by atoms with Crippen molar-refractivity contribution in [3.05, 3.63) is 0 Å². The predicted octanol–water partition coefficient (Wildman–Crippen LogP) is 2.06. The third-order valence-corrected chi connectivity index (χ3v) is 1.69. The summed E-state index contributed by atoms with van der Waals surface area (Å²) in [6, 6.07) is 0. The number of unbranched alkanes of at least 4 members (excludes halogenated alkanes) is 1. The average Bonchev–Trinajstić information content (AvgIpc) is 2.11. The van der Waals surface area contributed by atoms with Gasteiger partial charge in [-0.1, -0.05) is 20.3 Å². The molecule has 0 spiro atoms. The van der Waals surface area contributed by atoms with Crippen LogP contribution in [0.1, 0.15) is 39.5 Å². The summed E-state index contributed by atoms with van der Waals surface area (Å²) in [5, 5.41) is 0. The van der Waals surface area contributed by atoms with Crippen molar-refractivity contribution in [2.24, 2.45) is 0 Å². The first-order valence-electron chi connectivity index (χ1n) is 4.33. The van der Waals surface area contributed by atoms with E-state index in [1.54, 1.807) is 6.92 Å². The molecule has 0 aliphatic rings. The second-order valence-corrected chi connectivity index (χ2v) is 2.75. The fourth-order valence-corrected chi connectivity index (χ4v) is 0.837. The highest BCUT2D eigenvalue weighted by Crippen LogP contribution is 2.05. The molecule has 0 bridgehead atoms. The molecule has 0 rings (SSSR count). The smallest absolute Gasteiger partial charge is 0.216 e. The molecule has 0 aromatic heterocycles. The lowest BCUT2D eigenvalue weighted by Crippen LogP contribution is -2.24. The summed E-state index contributed by atoms with van der Waals surface area (Å²) in [6.45, 7) is 3.48. The van der Waals surface area contributed by atoms with Crippen LogP contribution in [0.15, 0.2) is 0 Å². The van der Waals surface area contributed by atoms with Crippen LogP contribution in [-0.2, 0) is 9.59 Å². The summed E-state index contributed by atoms with van der Waals surface area (Å²) in [7, 11) is 0. The summed E-state index contributed by atoms with van der Waals surface area (Å²) in [6.07, 6.45) is -0.0844. The van der Waals surface area contributed by atoms with Crippen LogP contribution < -0.4 is 0 Å². The highest BCUT2D eigenvalue weighted by Gasteiger charge is 2.22. The Balaban J connectivity index is 3.84. The van der Waals surface area contributed by atoms with Crippen molar-refractivity contribution in [2.75, 3.05) is 0 Å². The predicted molar refractivity (Wildman–Crippen MR) is 44.7 cm³/mol. The van der Waals surface area contributed by atoms with Gasteiger partial charge in [-0.05, 0) is 6.42 Å². The summed E-state index contributed by atoms with van der Waals surface area (Å²) in [5.74, 6) is -1.17. The Labute approximate surface area is 72.1 Å². The molecular formula is C9H15FO2. The zero-order valence-corrected chi connectivity index (χ0v) is 7.60. The van der Waals surface area contributed by atoms with Crippen molar-refractivity contribution < 1.29 is 14.0 Å². The molecule has 0 aliphatic carbocycles. The monoisotopic (exact) mass is 174 g/mol. The Kier molecular flexibility index (Phi) is 5.51. The topological polar surface area (TPSA) is 34.1 Å². The fourth-order valence-electron chi connectivity index (χ4n) is 0.837. The number of hydrogen-bond acceptors (Lipinski definition) is 2. The van der Waals surface area contributed by atoms with Gasteiger partial charge in [0.25, 0.3) is 0 Å². The standard InChI is InChI=1S/C9H15FO2/c1-3-5-6-8(12)9(10)7(11)4-2/h9H,3-6H2,1-2H3. The third kappa shape index (κ3) is 3.60. The van der Waals surface area contributed by atoms with E-state index < -0.39 is 17.7 Å². The van der Waals surface area contributed by atoms with Gasteiger partial charge in [0.05, 0.1) is 0 Å². The molecule has 0 aromatic carbocycles. The molecule has 0 saturated carbocycles. The SMILES string of the molecule is CCCCC(=O)C(F)C(=O)CC. The van der Waals surface area contributed by atoms with E-state index in [0.717, 1.165) is 6.42 Å². The van der Waals surface area contributed by atoms with Crippen LogP contribution >= 0.6 is 0 Å². The van der Waals surface area contributed by atoms with Crippen molar-refractivity contribution in [1.29, 1.82) is 0 Å². The van der Waals surface area contributed by atoms with E-state index >= 15 is 0 Å². The number of hydrogen-bond donors (Lipinski definition) is 0. The molecule has 1 unspecified atom stereocenters. The zero-order valence-electron chi connectivity index (χ0n) is 7.60. The average molecular weight is 174 g/mol. The van der Waals surface area contributed by atoms with Crippen LogP contribution in [0.2, 0.25) is 0 Å². The Hall–Kier alpha value is -0.730. The molecule has 1 atom stereocenters. The fraction of sp³-hybridized carbons (Fsp3) is 0.778. The molecule has 12 heavy (non-hydrogen) atoms. The van der Waals surface area contributed by atoms with Crippen LogP contribution in [0.3, 0.4) is 0 Å². The third-order valence-electron chi connectivity index (χ3n) is 1.69. The quantitative estimate of drug-likeness (QED) is 0.577. The number of carbonyl (C=O) groups is 2. The Bertz CT molecular complexity index is 166. The molecule has 0 aliphatic heterocycles. The molecule has 0 saturated heterocycles. The molecule has 0 N–H and O–H groups in total. The van der Waals surface area contributed by atoms with Crippen molar-refractivity contribution in [3.8, 4) is 0 Å². The van der Waals surface area contributed by atoms with Crippen molar-refractivity contribution in [1.82, 2.24) is 0 Å². The molecule has 0 radical (unpaired) electrons. The van der Waals surface area contributed by atoms with Gasteiger partial charge in [0.1, 0.15) is 0 Å². The van der Waals surface area contributed by atoms with Gasteiger partial charge in [-0.2, -0.15) is 0 Å². The normalized spacial score (nSPS) is 12.6. The minimum Gasteiger partial charge on any atom is -0.296 e. The first kappa shape index (κ1) is 11.3. The lowest BCUT2D eigenvalue weighted by atomic mass is 10.1. The molecule has 0 aromatic rings. The molecule has 0 heterocycles. The van der Waals surface area contributed by atoms with E-state index in [2.05, 4.69) is 0 Å². The summed E-state index contributed by atoms with van der Waals surface area (Å²) >= 11 is 0.